The third kappa shape index (κ3) is 2.13. The third-order valence-electron chi connectivity index (χ3n) is 1.40. The molecule has 0 radical (unpaired) electrons. The van der Waals surface area contributed by atoms with Gasteiger partial charge in [0.05, 0.1) is 5.56 Å². The van der Waals surface area contributed by atoms with Gasteiger partial charge in [-0.25, -0.2) is 4.79 Å². The first-order valence-corrected chi connectivity index (χ1v) is 3.82. The SMILES string of the molecule is O=C(O)c1ccn(CC=CCl)c1. The summed E-state index contributed by atoms with van der Waals surface area (Å²) in [6, 6.07) is 1.55. The molecule has 1 aromatic rings. The monoisotopic (exact) mass is 185 g/mol. The highest BCUT2D eigenvalue weighted by Crippen LogP contribution is 2.01. The van der Waals surface area contributed by atoms with Crippen LogP contribution in [-0.2, 0) is 6.54 Å². The standard InChI is InChI=1S/C8H8ClNO2/c9-3-1-4-10-5-2-7(6-10)8(11)12/h1-3,5-6H,4H2,(H,11,12). The summed E-state index contributed by atoms with van der Waals surface area (Å²) in [6.45, 7) is 0.594. The molecule has 12 heavy (non-hydrogen) atoms. The fourth-order valence-corrected chi connectivity index (χ4v) is 0.922. The predicted molar refractivity (Wildman–Crippen MR) is 46.4 cm³/mol. The van der Waals surface area contributed by atoms with E-state index in [1.165, 1.54) is 5.54 Å². The number of rotatable bonds is 3. The molecule has 3 nitrogen and oxygen atoms in total. The maximum absolute atomic E-state index is 10.4. The molecule has 0 atom stereocenters. The molecule has 0 unspecified atom stereocenters. The summed E-state index contributed by atoms with van der Waals surface area (Å²) in [5.41, 5.74) is 1.69. The number of carbonyl (C=O) groups is 1. The van der Waals surface area contributed by atoms with Crippen LogP contribution in [0.3, 0.4) is 0 Å². The second-order valence-corrected chi connectivity index (χ2v) is 2.52. The van der Waals surface area contributed by atoms with Crippen molar-refractivity contribution in [2.75, 3.05) is 0 Å². The number of carboxylic acids is 1. The number of carboxylic acid groups (broad SMARTS) is 1. The zero-order chi connectivity index (χ0) is 8.97. The van der Waals surface area contributed by atoms with E-state index < -0.39 is 5.97 Å². The topological polar surface area (TPSA) is 42.2 Å². The van der Waals surface area contributed by atoms with Gasteiger partial charge in [0.25, 0.3) is 0 Å². The largest absolute Gasteiger partial charge is 0.478 e. The lowest BCUT2D eigenvalue weighted by molar-refractivity contribution is 0.0697. The van der Waals surface area contributed by atoms with Crippen LogP contribution in [0.2, 0.25) is 0 Å². The van der Waals surface area contributed by atoms with Gasteiger partial charge in [-0.3, -0.25) is 0 Å². The molecule has 0 aliphatic heterocycles. The fourth-order valence-electron chi connectivity index (χ4n) is 0.842. The maximum Gasteiger partial charge on any atom is 0.337 e. The summed E-state index contributed by atoms with van der Waals surface area (Å²) in [6.07, 6.45) is 4.98. The summed E-state index contributed by atoms with van der Waals surface area (Å²) in [5.74, 6) is -0.913. The molecular formula is C8H8ClNO2. The molecule has 0 aliphatic carbocycles. The number of halogens is 1. The van der Waals surface area contributed by atoms with Gasteiger partial charge >= 0.3 is 5.97 Å². The van der Waals surface area contributed by atoms with Crippen molar-refractivity contribution in [2.45, 2.75) is 6.54 Å². The van der Waals surface area contributed by atoms with Crippen molar-refractivity contribution < 1.29 is 9.90 Å². The molecule has 0 bridgehead atoms. The van der Waals surface area contributed by atoms with Crippen molar-refractivity contribution >= 4 is 17.6 Å². The van der Waals surface area contributed by atoms with Crippen LogP contribution in [0.5, 0.6) is 0 Å². The molecule has 64 valence electrons. The first-order valence-electron chi connectivity index (χ1n) is 3.38. The highest BCUT2D eigenvalue weighted by atomic mass is 35.5. The van der Waals surface area contributed by atoms with E-state index in [4.69, 9.17) is 16.7 Å². The molecule has 1 aromatic heterocycles. The Labute approximate surface area is 74.9 Å². The van der Waals surface area contributed by atoms with Crippen molar-refractivity contribution in [1.29, 1.82) is 0 Å². The minimum Gasteiger partial charge on any atom is -0.478 e. The molecule has 0 spiro atoms. The van der Waals surface area contributed by atoms with Gasteiger partial charge < -0.3 is 9.67 Å². The molecule has 1 rings (SSSR count). The minimum atomic E-state index is -0.913. The molecule has 0 saturated carbocycles. The maximum atomic E-state index is 10.4. The number of hydrogen-bond acceptors (Lipinski definition) is 1. The van der Waals surface area contributed by atoms with E-state index in [9.17, 15) is 4.79 Å². The second-order valence-electron chi connectivity index (χ2n) is 2.26. The van der Waals surface area contributed by atoms with Crippen LogP contribution in [-0.4, -0.2) is 15.6 Å². The molecule has 1 heterocycles. The van der Waals surface area contributed by atoms with Crippen molar-refractivity contribution in [3.8, 4) is 0 Å². The van der Waals surface area contributed by atoms with E-state index in [2.05, 4.69) is 0 Å². The lowest BCUT2D eigenvalue weighted by atomic mass is 10.4. The Balaban J connectivity index is 2.70. The zero-order valence-electron chi connectivity index (χ0n) is 6.27. The molecule has 0 aliphatic rings. The number of nitrogens with zero attached hydrogens (tertiary/aromatic N) is 1. The smallest absolute Gasteiger partial charge is 0.337 e. The Morgan fingerprint density at radius 3 is 3.00 bits per heavy atom. The van der Waals surface area contributed by atoms with Crippen LogP contribution in [0.15, 0.2) is 30.1 Å². The van der Waals surface area contributed by atoms with E-state index in [1.807, 2.05) is 0 Å². The van der Waals surface area contributed by atoms with E-state index in [1.54, 1.807) is 29.1 Å². The first kappa shape index (κ1) is 8.87. The van der Waals surface area contributed by atoms with E-state index in [0.717, 1.165) is 0 Å². The summed E-state index contributed by atoms with van der Waals surface area (Å²) >= 11 is 5.31. The zero-order valence-corrected chi connectivity index (χ0v) is 7.03. The Kier molecular flexibility index (Phi) is 2.94. The Morgan fingerprint density at radius 2 is 2.50 bits per heavy atom. The second kappa shape index (κ2) is 3.97. The van der Waals surface area contributed by atoms with Gasteiger partial charge in [0.1, 0.15) is 0 Å². The van der Waals surface area contributed by atoms with E-state index in [0.29, 0.717) is 6.54 Å². The van der Waals surface area contributed by atoms with Crippen molar-refractivity contribution in [3.63, 3.8) is 0 Å². The summed E-state index contributed by atoms with van der Waals surface area (Å²) < 4.78 is 1.74. The van der Waals surface area contributed by atoms with Gasteiger partial charge in [-0.1, -0.05) is 17.7 Å². The van der Waals surface area contributed by atoms with Crippen molar-refractivity contribution in [3.05, 3.63) is 35.6 Å². The average Bonchev–Trinajstić information content (AvgIpc) is 2.48. The number of aromatic nitrogens is 1. The fraction of sp³-hybridized carbons (Fsp3) is 0.125. The van der Waals surface area contributed by atoms with Crippen LogP contribution in [0.1, 0.15) is 10.4 Å². The number of aromatic carboxylic acids is 1. The number of allylic oxidation sites excluding steroid dienone is 1. The van der Waals surface area contributed by atoms with Gasteiger partial charge in [0, 0.05) is 24.5 Å². The molecule has 0 saturated heterocycles. The first-order chi connectivity index (χ1) is 5.74. The van der Waals surface area contributed by atoms with Crippen LogP contribution in [0, 0.1) is 0 Å². The quantitative estimate of drug-likeness (QED) is 0.782. The van der Waals surface area contributed by atoms with Crippen molar-refractivity contribution in [2.24, 2.45) is 0 Å². The van der Waals surface area contributed by atoms with Gasteiger partial charge in [0.2, 0.25) is 0 Å². The molecule has 1 N–H and O–H groups in total. The van der Waals surface area contributed by atoms with E-state index in [-0.39, 0.29) is 5.56 Å². The lowest BCUT2D eigenvalue weighted by Crippen LogP contribution is -1.94. The molecule has 0 aromatic carbocycles. The van der Waals surface area contributed by atoms with Gasteiger partial charge in [-0.15, -0.1) is 0 Å². The average molecular weight is 186 g/mol. The highest BCUT2D eigenvalue weighted by Gasteiger charge is 2.02. The van der Waals surface area contributed by atoms with Crippen LogP contribution in [0.4, 0.5) is 0 Å². The molecule has 4 heteroatoms. The minimum absolute atomic E-state index is 0.290. The highest BCUT2D eigenvalue weighted by molar-refractivity contribution is 6.25. The normalized spacial score (nSPS) is 10.8. The van der Waals surface area contributed by atoms with Gasteiger partial charge in [0.15, 0.2) is 0 Å². The Hall–Kier alpha value is -1.22. The van der Waals surface area contributed by atoms with Gasteiger partial charge in [-0.05, 0) is 6.07 Å². The third-order valence-corrected chi connectivity index (χ3v) is 1.58. The number of hydrogen-bond donors (Lipinski definition) is 1. The Bertz CT molecular complexity index is 304. The van der Waals surface area contributed by atoms with Crippen LogP contribution < -0.4 is 0 Å². The predicted octanol–water partition coefficient (Wildman–Crippen LogP) is 1.94. The van der Waals surface area contributed by atoms with Gasteiger partial charge in [-0.2, -0.15) is 0 Å². The van der Waals surface area contributed by atoms with Crippen LogP contribution >= 0.6 is 11.6 Å². The summed E-state index contributed by atoms with van der Waals surface area (Å²) in [5, 5.41) is 8.57. The summed E-state index contributed by atoms with van der Waals surface area (Å²) in [4.78, 5) is 10.4. The molecular weight excluding hydrogens is 178 g/mol. The summed E-state index contributed by atoms with van der Waals surface area (Å²) in [7, 11) is 0. The molecule has 0 amide bonds. The molecule has 0 fully saturated rings. The van der Waals surface area contributed by atoms with E-state index >= 15 is 0 Å². The lowest BCUT2D eigenvalue weighted by Gasteiger charge is -1.93. The van der Waals surface area contributed by atoms with Crippen molar-refractivity contribution in [1.82, 2.24) is 4.57 Å². The van der Waals surface area contributed by atoms with Crippen LogP contribution in [0.25, 0.3) is 0 Å². The Morgan fingerprint density at radius 1 is 1.75 bits per heavy atom.